The molecule has 4 N–H and O–H groups in total. The lowest BCUT2D eigenvalue weighted by Gasteiger charge is -2.34. The molecule has 11 heteroatoms. The Bertz CT molecular complexity index is 1310. The molecular formula is C27H38FN5O4S. The number of amides is 1. The van der Waals surface area contributed by atoms with Crippen LogP contribution in [0.1, 0.15) is 70.7 Å². The summed E-state index contributed by atoms with van der Waals surface area (Å²) < 4.78 is 42.5. The van der Waals surface area contributed by atoms with Gasteiger partial charge in [-0.1, -0.05) is 0 Å². The average Bonchev–Trinajstić information content (AvgIpc) is 3.56. The predicted molar refractivity (Wildman–Crippen MR) is 147 cm³/mol. The molecule has 0 unspecified atom stereocenters. The van der Waals surface area contributed by atoms with Crippen molar-refractivity contribution < 1.29 is 22.7 Å². The number of anilines is 3. The molecule has 2 heterocycles. The molecule has 1 aliphatic carbocycles. The summed E-state index contributed by atoms with van der Waals surface area (Å²) in [6, 6.07) is 6.55. The lowest BCUT2D eigenvalue weighted by atomic mass is 9.93. The second-order valence-corrected chi connectivity index (χ2v) is 13.9. The third kappa shape index (κ3) is 6.81. The van der Waals surface area contributed by atoms with Crippen molar-refractivity contribution in [2.75, 3.05) is 35.2 Å². The molecule has 0 atom stereocenters. The summed E-state index contributed by atoms with van der Waals surface area (Å²) in [7, 11) is -4.01. The van der Waals surface area contributed by atoms with Crippen molar-refractivity contribution >= 4 is 33.3 Å². The minimum Gasteiger partial charge on any atom is -0.394 e. The Morgan fingerprint density at radius 2 is 1.74 bits per heavy atom. The second-order valence-electron chi connectivity index (χ2n) is 12.2. The van der Waals surface area contributed by atoms with E-state index in [9.17, 15) is 22.7 Å². The van der Waals surface area contributed by atoms with Crippen LogP contribution in [0.2, 0.25) is 0 Å². The number of halogens is 1. The van der Waals surface area contributed by atoms with Crippen molar-refractivity contribution in [2.45, 2.75) is 76.3 Å². The maximum atomic E-state index is 14.4. The van der Waals surface area contributed by atoms with E-state index in [1.165, 1.54) is 18.9 Å². The third-order valence-corrected chi connectivity index (χ3v) is 8.68. The summed E-state index contributed by atoms with van der Waals surface area (Å²) in [4.78, 5) is 20.0. The maximum Gasteiger partial charge on any atom is 0.259 e. The monoisotopic (exact) mass is 547 g/mol. The molecule has 1 saturated carbocycles. The Labute approximate surface area is 224 Å². The van der Waals surface area contributed by atoms with E-state index in [0.717, 1.165) is 38.1 Å². The molecular weight excluding hydrogens is 509 g/mol. The molecule has 0 bridgehead atoms. The van der Waals surface area contributed by atoms with E-state index in [4.69, 9.17) is 4.98 Å². The Balaban J connectivity index is 1.63. The fourth-order valence-electron chi connectivity index (χ4n) is 4.64. The Morgan fingerprint density at radius 1 is 1.08 bits per heavy atom. The standard InChI is InChI=1S/C27H38FN5O4S/c1-25(2,3)32-38(36,37)20-15-18(28)14-19(16-20)29-24(35)21-6-7-22(31-26(4,5)17-34)30-23(21)33-12-10-27(8-9-27)11-13-33/h6-7,14-16,32,34H,8-13,17H2,1-5H3,(H,29,35)(H,30,31). The number of sulfonamides is 1. The van der Waals surface area contributed by atoms with Crippen molar-refractivity contribution in [3.63, 3.8) is 0 Å². The van der Waals surface area contributed by atoms with Gasteiger partial charge in [-0.15, -0.1) is 0 Å². The van der Waals surface area contributed by atoms with Crippen LogP contribution >= 0.6 is 0 Å². The zero-order valence-electron chi connectivity index (χ0n) is 22.7. The molecule has 2 aromatic rings. The van der Waals surface area contributed by atoms with Gasteiger partial charge in [0.1, 0.15) is 17.5 Å². The molecule has 4 rings (SSSR count). The molecule has 38 heavy (non-hydrogen) atoms. The average molecular weight is 548 g/mol. The van der Waals surface area contributed by atoms with Crippen LogP contribution in [0.3, 0.4) is 0 Å². The number of carbonyl (C=O) groups is 1. The van der Waals surface area contributed by atoms with Crippen LogP contribution in [0.5, 0.6) is 0 Å². The van der Waals surface area contributed by atoms with Crippen LogP contribution < -0.4 is 20.3 Å². The normalized spacial score (nSPS) is 17.4. The van der Waals surface area contributed by atoms with Gasteiger partial charge in [0.15, 0.2) is 0 Å². The highest BCUT2D eigenvalue weighted by molar-refractivity contribution is 7.89. The minimum absolute atomic E-state index is 0.0226. The van der Waals surface area contributed by atoms with Gasteiger partial charge in [0.2, 0.25) is 10.0 Å². The fraction of sp³-hybridized carbons (Fsp3) is 0.556. The predicted octanol–water partition coefficient (Wildman–Crippen LogP) is 4.11. The van der Waals surface area contributed by atoms with Gasteiger partial charge in [0, 0.05) is 24.3 Å². The number of aromatic nitrogens is 1. The highest BCUT2D eigenvalue weighted by Gasteiger charge is 2.45. The summed E-state index contributed by atoms with van der Waals surface area (Å²) >= 11 is 0. The van der Waals surface area contributed by atoms with Crippen molar-refractivity contribution in [3.8, 4) is 0 Å². The zero-order valence-corrected chi connectivity index (χ0v) is 23.5. The van der Waals surface area contributed by atoms with Gasteiger partial charge in [0.05, 0.1) is 22.6 Å². The second kappa shape index (κ2) is 10.1. The Hall–Kier alpha value is -2.76. The van der Waals surface area contributed by atoms with E-state index in [1.807, 2.05) is 13.8 Å². The number of hydrogen-bond acceptors (Lipinski definition) is 7. The van der Waals surface area contributed by atoms with Crippen molar-refractivity contribution in [1.82, 2.24) is 9.71 Å². The molecule has 1 spiro atoms. The first-order valence-corrected chi connectivity index (χ1v) is 14.4. The van der Waals surface area contributed by atoms with Crippen LogP contribution in [0, 0.1) is 11.2 Å². The number of nitrogens with zero attached hydrogens (tertiary/aromatic N) is 2. The van der Waals surface area contributed by atoms with Gasteiger partial charge >= 0.3 is 0 Å². The van der Waals surface area contributed by atoms with Crippen molar-refractivity contribution in [1.29, 1.82) is 0 Å². The van der Waals surface area contributed by atoms with Gasteiger partial charge in [0.25, 0.3) is 5.91 Å². The summed E-state index contributed by atoms with van der Waals surface area (Å²) in [6.45, 7) is 10.2. The molecule has 1 aromatic carbocycles. The van der Waals surface area contributed by atoms with Crippen LogP contribution in [0.25, 0.3) is 0 Å². The number of benzene rings is 1. The first-order chi connectivity index (χ1) is 17.6. The first kappa shape index (κ1) is 28.3. The topological polar surface area (TPSA) is 124 Å². The lowest BCUT2D eigenvalue weighted by molar-refractivity contribution is 0.102. The van der Waals surface area contributed by atoms with Gasteiger partial charge < -0.3 is 20.6 Å². The minimum atomic E-state index is -4.01. The number of carbonyl (C=O) groups excluding carboxylic acids is 1. The van der Waals surface area contributed by atoms with Gasteiger partial charge in [-0.05, 0) is 96.0 Å². The third-order valence-electron chi connectivity index (χ3n) is 6.94. The van der Waals surface area contributed by atoms with E-state index in [2.05, 4.69) is 20.3 Å². The summed E-state index contributed by atoms with van der Waals surface area (Å²) in [5.41, 5.74) is -0.625. The quantitative estimate of drug-likeness (QED) is 0.392. The molecule has 1 aromatic heterocycles. The van der Waals surface area contributed by atoms with Gasteiger partial charge in [-0.25, -0.2) is 22.5 Å². The van der Waals surface area contributed by atoms with E-state index in [-0.39, 0.29) is 17.2 Å². The maximum absolute atomic E-state index is 14.4. The van der Waals surface area contributed by atoms with Crippen LogP contribution in [0.4, 0.5) is 21.7 Å². The Kier molecular flexibility index (Phi) is 7.50. The summed E-state index contributed by atoms with van der Waals surface area (Å²) in [5.74, 6) is -0.290. The molecule has 1 saturated heterocycles. The largest absolute Gasteiger partial charge is 0.394 e. The molecule has 1 aliphatic heterocycles. The highest BCUT2D eigenvalue weighted by Crippen LogP contribution is 2.54. The van der Waals surface area contributed by atoms with E-state index in [0.29, 0.717) is 22.6 Å². The van der Waals surface area contributed by atoms with Crippen molar-refractivity contribution in [3.05, 3.63) is 41.7 Å². The zero-order chi connectivity index (χ0) is 27.9. The van der Waals surface area contributed by atoms with Crippen LogP contribution in [0.15, 0.2) is 35.2 Å². The molecule has 0 radical (unpaired) electrons. The highest BCUT2D eigenvalue weighted by atomic mass is 32.2. The molecule has 1 amide bonds. The fourth-order valence-corrected chi connectivity index (χ4v) is 6.12. The molecule has 9 nitrogen and oxygen atoms in total. The number of hydrogen-bond donors (Lipinski definition) is 4. The lowest BCUT2D eigenvalue weighted by Crippen LogP contribution is -2.40. The molecule has 2 aliphatic rings. The number of nitrogens with one attached hydrogen (secondary N) is 3. The van der Waals surface area contributed by atoms with Gasteiger partial charge in [-0.3, -0.25) is 4.79 Å². The molecule has 2 fully saturated rings. The van der Waals surface area contributed by atoms with Gasteiger partial charge in [-0.2, -0.15) is 0 Å². The van der Waals surface area contributed by atoms with Crippen LogP contribution in [-0.4, -0.2) is 55.2 Å². The summed E-state index contributed by atoms with van der Waals surface area (Å²) in [6.07, 6.45) is 4.54. The number of aliphatic hydroxyl groups excluding tert-OH is 1. The van der Waals surface area contributed by atoms with Crippen LogP contribution in [-0.2, 0) is 10.0 Å². The number of piperidine rings is 1. The Morgan fingerprint density at radius 3 is 2.32 bits per heavy atom. The number of pyridine rings is 1. The smallest absolute Gasteiger partial charge is 0.259 e. The van der Waals surface area contributed by atoms with Crippen molar-refractivity contribution in [2.24, 2.45) is 5.41 Å². The van der Waals surface area contributed by atoms with E-state index in [1.54, 1.807) is 32.9 Å². The summed E-state index contributed by atoms with van der Waals surface area (Å²) in [5, 5.41) is 15.5. The number of rotatable bonds is 8. The van der Waals surface area contributed by atoms with E-state index >= 15 is 0 Å². The van der Waals surface area contributed by atoms with E-state index < -0.39 is 32.8 Å². The molecule has 208 valence electrons. The first-order valence-electron chi connectivity index (χ1n) is 12.9. The number of aliphatic hydroxyl groups is 1. The SMILES string of the molecule is CC(C)(C)NS(=O)(=O)c1cc(F)cc(NC(=O)c2ccc(NC(C)(C)CO)nc2N2CCC3(CC2)CC3)c1.